The predicted molar refractivity (Wildman–Crippen MR) is 90.4 cm³/mol. The standard InChI is InChI=1S/C15H22N6O2/c1-20(2)14-17-13(18-15(19-14)21(3)4)16-8-7-10-5-6-11(22)12(23)9-10/h5-6,9,22-23H,7-8H2,1-4H3,(H,16,17,18,19). The van der Waals surface area contributed by atoms with E-state index in [0.717, 1.165) is 5.56 Å². The maximum Gasteiger partial charge on any atom is 0.231 e. The van der Waals surface area contributed by atoms with Gasteiger partial charge >= 0.3 is 0 Å². The lowest BCUT2D eigenvalue weighted by Gasteiger charge is -2.16. The molecule has 0 spiro atoms. The van der Waals surface area contributed by atoms with Crippen molar-refractivity contribution in [2.45, 2.75) is 6.42 Å². The number of hydrogen-bond donors (Lipinski definition) is 3. The van der Waals surface area contributed by atoms with Crippen LogP contribution in [0.25, 0.3) is 0 Å². The minimum atomic E-state index is -0.120. The Morgan fingerprint density at radius 3 is 2.04 bits per heavy atom. The average Bonchev–Trinajstić information content (AvgIpc) is 2.50. The van der Waals surface area contributed by atoms with Crippen LogP contribution in [-0.2, 0) is 6.42 Å². The molecule has 1 aromatic heterocycles. The van der Waals surface area contributed by atoms with Gasteiger partial charge in [0.25, 0.3) is 0 Å². The Hall–Kier alpha value is -2.77. The highest BCUT2D eigenvalue weighted by atomic mass is 16.3. The zero-order valence-corrected chi connectivity index (χ0v) is 13.8. The van der Waals surface area contributed by atoms with Crippen molar-refractivity contribution in [3.05, 3.63) is 23.8 Å². The average molecular weight is 318 g/mol. The van der Waals surface area contributed by atoms with Crippen molar-refractivity contribution >= 4 is 17.8 Å². The molecular weight excluding hydrogens is 296 g/mol. The van der Waals surface area contributed by atoms with Crippen LogP contribution < -0.4 is 15.1 Å². The second-order valence-electron chi connectivity index (χ2n) is 5.55. The second kappa shape index (κ2) is 6.99. The van der Waals surface area contributed by atoms with Gasteiger partial charge in [-0.2, -0.15) is 15.0 Å². The number of nitrogens with zero attached hydrogens (tertiary/aromatic N) is 5. The van der Waals surface area contributed by atoms with Gasteiger partial charge < -0.3 is 25.3 Å². The van der Waals surface area contributed by atoms with Crippen molar-refractivity contribution < 1.29 is 10.2 Å². The van der Waals surface area contributed by atoms with Crippen LogP contribution in [-0.4, -0.2) is 59.9 Å². The molecule has 0 aliphatic rings. The Morgan fingerprint density at radius 2 is 1.52 bits per heavy atom. The number of phenols is 2. The molecular formula is C15H22N6O2. The summed E-state index contributed by atoms with van der Waals surface area (Å²) in [6, 6.07) is 4.78. The van der Waals surface area contributed by atoms with Crippen LogP contribution >= 0.6 is 0 Å². The van der Waals surface area contributed by atoms with Crippen molar-refractivity contribution in [3.63, 3.8) is 0 Å². The summed E-state index contributed by atoms with van der Waals surface area (Å²) in [7, 11) is 7.49. The van der Waals surface area contributed by atoms with Gasteiger partial charge in [-0.3, -0.25) is 0 Å². The molecule has 0 unspecified atom stereocenters. The van der Waals surface area contributed by atoms with Crippen molar-refractivity contribution in [2.24, 2.45) is 0 Å². The lowest BCUT2D eigenvalue weighted by Crippen LogP contribution is -2.20. The number of hydrogen-bond acceptors (Lipinski definition) is 8. The van der Waals surface area contributed by atoms with Crippen molar-refractivity contribution in [1.82, 2.24) is 15.0 Å². The SMILES string of the molecule is CN(C)c1nc(NCCc2ccc(O)c(O)c2)nc(N(C)C)n1. The van der Waals surface area contributed by atoms with Crippen LogP contribution in [0.3, 0.4) is 0 Å². The lowest BCUT2D eigenvalue weighted by atomic mass is 10.1. The molecule has 0 bridgehead atoms. The predicted octanol–water partition coefficient (Wildman–Crippen LogP) is 1.07. The van der Waals surface area contributed by atoms with Gasteiger partial charge in [-0.25, -0.2) is 0 Å². The number of rotatable bonds is 6. The van der Waals surface area contributed by atoms with Gasteiger partial charge in [0.15, 0.2) is 11.5 Å². The third-order valence-corrected chi connectivity index (χ3v) is 3.15. The summed E-state index contributed by atoms with van der Waals surface area (Å²) in [6.07, 6.45) is 0.661. The Balaban J connectivity index is 2.06. The number of anilines is 3. The van der Waals surface area contributed by atoms with E-state index in [1.54, 1.807) is 12.1 Å². The molecule has 0 aliphatic heterocycles. The van der Waals surface area contributed by atoms with E-state index < -0.39 is 0 Å². The summed E-state index contributed by atoms with van der Waals surface area (Å²) in [5.74, 6) is 1.41. The van der Waals surface area contributed by atoms with Crippen LogP contribution in [0.2, 0.25) is 0 Å². The van der Waals surface area contributed by atoms with Gasteiger partial charge in [0.2, 0.25) is 17.8 Å². The Labute approximate surface area is 135 Å². The van der Waals surface area contributed by atoms with E-state index in [1.807, 2.05) is 38.0 Å². The van der Waals surface area contributed by atoms with E-state index in [-0.39, 0.29) is 11.5 Å². The number of aromatic hydroxyl groups is 2. The summed E-state index contributed by atoms with van der Waals surface area (Å²) < 4.78 is 0. The molecule has 2 aromatic rings. The van der Waals surface area contributed by atoms with Crippen LogP contribution in [0.4, 0.5) is 17.8 Å². The highest BCUT2D eigenvalue weighted by Gasteiger charge is 2.09. The van der Waals surface area contributed by atoms with Crippen LogP contribution in [0, 0.1) is 0 Å². The van der Waals surface area contributed by atoms with Crippen LogP contribution in [0.1, 0.15) is 5.56 Å². The Kier molecular flexibility index (Phi) is 5.05. The second-order valence-corrected chi connectivity index (χ2v) is 5.55. The normalized spacial score (nSPS) is 10.4. The maximum atomic E-state index is 9.50. The fraction of sp³-hybridized carbons (Fsp3) is 0.400. The molecule has 1 heterocycles. The number of benzene rings is 1. The molecule has 8 nitrogen and oxygen atoms in total. The molecule has 0 radical (unpaired) electrons. The van der Waals surface area contributed by atoms with E-state index >= 15 is 0 Å². The highest BCUT2D eigenvalue weighted by Crippen LogP contribution is 2.25. The van der Waals surface area contributed by atoms with Gasteiger partial charge in [0, 0.05) is 34.7 Å². The molecule has 1 aromatic carbocycles. The molecule has 0 saturated heterocycles. The minimum absolute atomic E-state index is 0.118. The van der Waals surface area contributed by atoms with Gasteiger partial charge in [-0.1, -0.05) is 6.07 Å². The Bertz CT molecular complexity index is 649. The molecule has 0 fully saturated rings. The third-order valence-electron chi connectivity index (χ3n) is 3.15. The first-order chi connectivity index (χ1) is 10.9. The molecule has 8 heteroatoms. The van der Waals surface area contributed by atoms with Crippen molar-refractivity contribution in [3.8, 4) is 11.5 Å². The molecule has 0 saturated carbocycles. The van der Waals surface area contributed by atoms with E-state index in [4.69, 9.17) is 0 Å². The molecule has 23 heavy (non-hydrogen) atoms. The summed E-state index contributed by atoms with van der Waals surface area (Å²) >= 11 is 0. The summed E-state index contributed by atoms with van der Waals surface area (Å²) in [6.45, 7) is 0.591. The first kappa shape index (κ1) is 16.6. The smallest absolute Gasteiger partial charge is 0.231 e. The number of aromatic nitrogens is 3. The zero-order chi connectivity index (χ0) is 17.0. The first-order valence-electron chi connectivity index (χ1n) is 7.22. The number of phenolic OH excluding ortho intramolecular Hbond substituents is 2. The van der Waals surface area contributed by atoms with E-state index in [1.165, 1.54) is 6.07 Å². The maximum absolute atomic E-state index is 9.50. The minimum Gasteiger partial charge on any atom is -0.504 e. The molecule has 0 aliphatic carbocycles. The van der Waals surface area contributed by atoms with E-state index in [2.05, 4.69) is 20.3 Å². The zero-order valence-electron chi connectivity index (χ0n) is 13.8. The molecule has 2 rings (SSSR count). The van der Waals surface area contributed by atoms with Gasteiger partial charge in [0.1, 0.15) is 0 Å². The Morgan fingerprint density at radius 1 is 0.913 bits per heavy atom. The lowest BCUT2D eigenvalue weighted by molar-refractivity contribution is 0.403. The summed E-state index contributed by atoms with van der Waals surface area (Å²) in [5.41, 5.74) is 0.905. The van der Waals surface area contributed by atoms with Gasteiger partial charge in [-0.15, -0.1) is 0 Å². The number of nitrogens with one attached hydrogen (secondary N) is 1. The van der Waals surface area contributed by atoms with Crippen LogP contribution in [0.5, 0.6) is 11.5 Å². The summed E-state index contributed by atoms with van der Waals surface area (Å²) in [4.78, 5) is 16.7. The molecule has 3 N–H and O–H groups in total. The van der Waals surface area contributed by atoms with E-state index in [9.17, 15) is 10.2 Å². The summed E-state index contributed by atoms with van der Waals surface area (Å²) in [5, 5.41) is 22.0. The fourth-order valence-corrected chi connectivity index (χ4v) is 1.88. The topological polar surface area (TPSA) is 97.6 Å². The first-order valence-corrected chi connectivity index (χ1v) is 7.22. The largest absolute Gasteiger partial charge is 0.504 e. The highest BCUT2D eigenvalue weighted by molar-refractivity contribution is 5.44. The van der Waals surface area contributed by atoms with Crippen molar-refractivity contribution in [2.75, 3.05) is 49.9 Å². The van der Waals surface area contributed by atoms with Crippen molar-refractivity contribution in [1.29, 1.82) is 0 Å². The van der Waals surface area contributed by atoms with E-state index in [0.29, 0.717) is 30.8 Å². The quantitative estimate of drug-likeness (QED) is 0.681. The van der Waals surface area contributed by atoms with Gasteiger partial charge in [-0.05, 0) is 24.1 Å². The fourth-order valence-electron chi connectivity index (χ4n) is 1.88. The van der Waals surface area contributed by atoms with Gasteiger partial charge in [0.05, 0.1) is 0 Å². The third kappa shape index (κ3) is 4.35. The molecule has 124 valence electrons. The van der Waals surface area contributed by atoms with Crippen LogP contribution in [0.15, 0.2) is 18.2 Å². The molecule has 0 atom stereocenters. The monoisotopic (exact) mass is 318 g/mol. The molecule has 0 amide bonds.